The molecule has 1 unspecified atom stereocenters. The van der Waals surface area contributed by atoms with Crippen molar-refractivity contribution in [2.24, 2.45) is 5.92 Å². The number of rotatable bonds is 1. The summed E-state index contributed by atoms with van der Waals surface area (Å²) in [5, 5.41) is 0. The maximum absolute atomic E-state index is 4.38. The molecule has 2 nitrogen and oxygen atoms in total. The Morgan fingerprint density at radius 2 is 1.76 bits per heavy atom. The van der Waals surface area contributed by atoms with Crippen molar-refractivity contribution in [2.75, 3.05) is 0 Å². The molecule has 1 aromatic carbocycles. The van der Waals surface area contributed by atoms with Crippen molar-refractivity contribution >= 4 is 0 Å². The fourth-order valence-corrected chi connectivity index (χ4v) is 2.52. The predicted molar refractivity (Wildman–Crippen MR) is 68.8 cm³/mol. The number of aryl methyl sites for hydroxylation is 1. The van der Waals surface area contributed by atoms with Gasteiger partial charge in [-0.15, -0.1) is 0 Å². The molecule has 2 heteroatoms. The molecule has 0 saturated carbocycles. The first-order valence-electron chi connectivity index (χ1n) is 6.13. The fourth-order valence-electron chi connectivity index (χ4n) is 2.52. The highest BCUT2D eigenvalue weighted by Gasteiger charge is 2.18. The molecule has 0 radical (unpaired) electrons. The van der Waals surface area contributed by atoms with Crippen molar-refractivity contribution in [3.63, 3.8) is 0 Å². The molecule has 1 atom stereocenters. The van der Waals surface area contributed by atoms with Crippen LogP contribution in [0.15, 0.2) is 30.6 Å². The first-order valence-corrected chi connectivity index (χ1v) is 6.13. The Hall–Kier alpha value is -1.70. The van der Waals surface area contributed by atoms with E-state index in [1.165, 1.54) is 24.0 Å². The SMILES string of the molecule is Cc1cnc(-c2ccc3c(c2)CC(C)C3)nc1. The summed E-state index contributed by atoms with van der Waals surface area (Å²) < 4.78 is 0. The van der Waals surface area contributed by atoms with E-state index in [2.05, 4.69) is 35.1 Å². The summed E-state index contributed by atoms with van der Waals surface area (Å²) in [7, 11) is 0. The van der Waals surface area contributed by atoms with Crippen LogP contribution in [0, 0.1) is 12.8 Å². The second kappa shape index (κ2) is 3.95. The van der Waals surface area contributed by atoms with Gasteiger partial charge in [0.05, 0.1) is 0 Å². The van der Waals surface area contributed by atoms with Gasteiger partial charge in [-0.3, -0.25) is 0 Å². The van der Waals surface area contributed by atoms with E-state index in [1.54, 1.807) is 0 Å². The normalized spacial score (nSPS) is 18.1. The van der Waals surface area contributed by atoms with E-state index >= 15 is 0 Å². The van der Waals surface area contributed by atoms with E-state index in [0.717, 1.165) is 22.9 Å². The van der Waals surface area contributed by atoms with Crippen molar-refractivity contribution in [1.82, 2.24) is 9.97 Å². The van der Waals surface area contributed by atoms with Gasteiger partial charge in [0.15, 0.2) is 5.82 Å². The zero-order valence-electron chi connectivity index (χ0n) is 10.3. The van der Waals surface area contributed by atoms with Crippen molar-refractivity contribution in [3.05, 3.63) is 47.3 Å². The lowest BCUT2D eigenvalue weighted by atomic mass is 10.1. The fraction of sp³-hybridized carbons (Fsp3) is 0.333. The lowest BCUT2D eigenvalue weighted by Crippen LogP contribution is -1.91. The van der Waals surface area contributed by atoms with Crippen molar-refractivity contribution in [3.8, 4) is 11.4 Å². The third-order valence-corrected chi connectivity index (χ3v) is 3.38. The minimum atomic E-state index is 0.777. The average molecular weight is 224 g/mol. The molecular weight excluding hydrogens is 208 g/mol. The van der Waals surface area contributed by atoms with Crippen LogP contribution in [0.1, 0.15) is 23.6 Å². The van der Waals surface area contributed by atoms with Crippen LogP contribution in [0.2, 0.25) is 0 Å². The molecule has 3 rings (SSSR count). The van der Waals surface area contributed by atoms with Crippen LogP contribution in [-0.2, 0) is 12.8 Å². The van der Waals surface area contributed by atoms with E-state index in [9.17, 15) is 0 Å². The molecule has 1 aliphatic carbocycles. The van der Waals surface area contributed by atoms with Gasteiger partial charge in [-0.1, -0.05) is 19.1 Å². The van der Waals surface area contributed by atoms with Gasteiger partial charge in [0, 0.05) is 18.0 Å². The molecule has 2 aromatic rings. The van der Waals surface area contributed by atoms with Crippen LogP contribution in [0.25, 0.3) is 11.4 Å². The Bertz CT molecular complexity index is 543. The molecule has 1 aliphatic rings. The molecule has 0 aliphatic heterocycles. The van der Waals surface area contributed by atoms with Gasteiger partial charge in [-0.25, -0.2) is 9.97 Å². The molecule has 86 valence electrons. The topological polar surface area (TPSA) is 25.8 Å². The molecule has 1 heterocycles. The zero-order chi connectivity index (χ0) is 11.8. The number of hydrogen-bond donors (Lipinski definition) is 0. The van der Waals surface area contributed by atoms with Crippen molar-refractivity contribution in [2.45, 2.75) is 26.7 Å². The zero-order valence-corrected chi connectivity index (χ0v) is 10.3. The Morgan fingerprint density at radius 1 is 1.06 bits per heavy atom. The third kappa shape index (κ3) is 1.95. The van der Waals surface area contributed by atoms with Crippen LogP contribution >= 0.6 is 0 Å². The van der Waals surface area contributed by atoms with Gasteiger partial charge in [0.25, 0.3) is 0 Å². The van der Waals surface area contributed by atoms with Gasteiger partial charge < -0.3 is 0 Å². The molecule has 0 N–H and O–H groups in total. The summed E-state index contributed by atoms with van der Waals surface area (Å²) in [4.78, 5) is 8.76. The van der Waals surface area contributed by atoms with E-state index in [1.807, 2.05) is 19.3 Å². The van der Waals surface area contributed by atoms with E-state index in [0.29, 0.717) is 0 Å². The summed E-state index contributed by atoms with van der Waals surface area (Å²) in [5.41, 5.74) is 5.20. The number of benzene rings is 1. The summed E-state index contributed by atoms with van der Waals surface area (Å²) in [6.07, 6.45) is 6.15. The molecule has 0 spiro atoms. The maximum atomic E-state index is 4.38. The Kier molecular flexibility index (Phi) is 2.43. The molecule has 17 heavy (non-hydrogen) atoms. The van der Waals surface area contributed by atoms with Crippen LogP contribution < -0.4 is 0 Å². The molecule has 1 aromatic heterocycles. The van der Waals surface area contributed by atoms with Gasteiger partial charge in [-0.05, 0) is 48.4 Å². The Balaban J connectivity index is 2.00. The van der Waals surface area contributed by atoms with Crippen LogP contribution in [0.4, 0.5) is 0 Å². The largest absolute Gasteiger partial charge is 0.236 e. The lowest BCUT2D eigenvalue weighted by molar-refractivity contribution is 0.628. The Morgan fingerprint density at radius 3 is 2.53 bits per heavy atom. The van der Waals surface area contributed by atoms with E-state index in [4.69, 9.17) is 0 Å². The summed E-state index contributed by atoms with van der Waals surface area (Å²) in [6, 6.07) is 6.63. The van der Waals surface area contributed by atoms with E-state index < -0.39 is 0 Å². The minimum Gasteiger partial charge on any atom is -0.236 e. The summed E-state index contributed by atoms with van der Waals surface area (Å²) in [5.74, 6) is 1.61. The molecular formula is C15H16N2. The Labute approximate surface area is 102 Å². The van der Waals surface area contributed by atoms with Crippen LogP contribution in [-0.4, -0.2) is 9.97 Å². The number of hydrogen-bond acceptors (Lipinski definition) is 2. The smallest absolute Gasteiger partial charge is 0.159 e. The van der Waals surface area contributed by atoms with Crippen molar-refractivity contribution < 1.29 is 0 Å². The molecule has 0 amide bonds. The molecule has 0 saturated heterocycles. The molecule has 0 fully saturated rings. The van der Waals surface area contributed by atoms with Gasteiger partial charge in [0.1, 0.15) is 0 Å². The lowest BCUT2D eigenvalue weighted by Gasteiger charge is -2.03. The van der Waals surface area contributed by atoms with Crippen LogP contribution in [0.3, 0.4) is 0 Å². The monoisotopic (exact) mass is 224 g/mol. The second-order valence-corrected chi connectivity index (χ2v) is 5.08. The first-order chi connectivity index (χ1) is 8.22. The summed E-state index contributed by atoms with van der Waals surface area (Å²) in [6.45, 7) is 4.32. The van der Waals surface area contributed by atoms with E-state index in [-0.39, 0.29) is 0 Å². The highest BCUT2D eigenvalue weighted by Crippen LogP contribution is 2.29. The second-order valence-electron chi connectivity index (χ2n) is 5.08. The number of fused-ring (bicyclic) bond motifs is 1. The van der Waals surface area contributed by atoms with Gasteiger partial charge >= 0.3 is 0 Å². The van der Waals surface area contributed by atoms with Gasteiger partial charge in [-0.2, -0.15) is 0 Å². The average Bonchev–Trinajstić information content (AvgIpc) is 2.69. The number of nitrogens with zero attached hydrogens (tertiary/aromatic N) is 2. The first kappa shape index (κ1) is 10.5. The van der Waals surface area contributed by atoms with Gasteiger partial charge in [0.2, 0.25) is 0 Å². The third-order valence-electron chi connectivity index (χ3n) is 3.38. The maximum Gasteiger partial charge on any atom is 0.159 e. The molecule has 0 bridgehead atoms. The predicted octanol–water partition coefficient (Wildman–Crippen LogP) is 3.19. The van der Waals surface area contributed by atoms with Crippen LogP contribution in [0.5, 0.6) is 0 Å². The summed E-state index contributed by atoms with van der Waals surface area (Å²) >= 11 is 0. The number of aromatic nitrogens is 2. The minimum absolute atomic E-state index is 0.777. The highest BCUT2D eigenvalue weighted by atomic mass is 14.9. The van der Waals surface area contributed by atoms with Crippen molar-refractivity contribution in [1.29, 1.82) is 0 Å². The quantitative estimate of drug-likeness (QED) is 0.743. The highest BCUT2D eigenvalue weighted by molar-refractivity contribution is 5.58. The standard InChI is InChI=1S/C15H16N2/c1-10-5-12-3-4-13(7-14(12)6-10)15-16-8-11(2)9-17-15/h3-4,7-10H,5-6H2,1-2H3.